The van der Waals surface area contributed by atoms with E-state index in [9.17, 15) is 8.78 Å². The Morgan fingerprint density at radius 1 is 1.42 bits per heavy atom. The Bertz CT molecular complexity index is 474. The normalized spacial score (nSPS) is 19.3. The van der Waals surface area contributed by atoms with Gasteiger partial charge in [0, 0.05) is 19.7 Å². The van der Waals surface area contributed by atoms with E-state index in [0.717, 1.165) is 25.0 Å². The fraction of sp³-hybridized carbons (Fsp3) is 0.500. The molecule has 0 aliphatic carbocycles. The highest BCUT2D eigenvalue weighted by Crippen LogP contribution is 2.28. The number of nitriles is 1. The van der Waals surface area contributed by atoms with Crippen molar-refractivity contribution in [2.24, 2.45) is 0 Å². The number of piperidine rings is 1. The van der Waals surface area contributed by atoms with Gasteiger partial charge in [-0.2, -0.15) is 5.26 Å². The standard InChI is InChI=1S/C14H16F2N2O/c1-2-19-11-4-3-5-18(9-11)14-12(15)6-10(8-17)7-13(14)16/h6-7,11H,2-5,9H2,1H3. The molecular weight excluding hydrogens is 250 g/mol. The van der Waals surface area contributed by atoms with Gasteiger partial charge in [-0.25, -0.2) is 8.78 Å². The van der Waals surface area contributed by atoms with Crippen LogP contribution in [0.25, 0.3) is 0 Å². The molecular formula is C14H16F2N2O. The molecule has 0 bridgehead atoms. The monoisotopic (exact) mass is 266 g/mol. The molecule has 1 unspecified atom stereocenters. The molecule has 1 aliphatic rings. The summed E-state index contributed by atoms with van der Waals surface area (Å²) in [6.45, 7) is 3.58. The molecule has 1 atom stereocenters. The third kappa shape index (κ3) is 3.02. The quantitative estimate of drug-likeness (QED) is 0.844. The van der Waals surface area contributed by atoms with Crippen molar-refractivity contribution in [2.75, 3.05) is 24.6 Å². The van der Waals surface area contributed by atoms with E-state index in [1.54, 1.807) is 11.0 Å². The molecule has 0 saturated carbocycles. The van der Waals surface area contributed by atoms with E-state index >= 15 is 0 Å². The zero-order valence-electron chi connectivity index (χ0n) is 10.8. The van der Waals surface area contributed by atoms with Gasteiger partial charge in [-0.15, -0.1) is 0 Å². The first-order valence-electron chi connectivity index (χ1n) is 6.41. The smallest absolute Gasteiger partial charge is 0.150 e. The molecule has 0 aromatic heterocycles. The zero-order valence-corrected chi connectivity index (χ0v) is 10.8. The van der Waals surface area contributed by atoms with E-state index in [1.807, 2.05) is 6.92 Å². The highest BCUT2D eigenvalue weighted by Gasteiger charge is 2.25. The van der Waals surface area contributed by atoms with Gasteiger partial charge in [0.2, 0.25) is 0 Å². The Labute approximate surface area is 111 Å². The minimum absolute atomic E-state index is 0.00267. The van der Waals surface area contributed by atoms with E-state index in [2.05, 4.69) is 0 Å². The second-order valence-electron chi connectivity index (χ2n) is 4.57. The van der Waals surface area contributed by atoms with Crippen LogP contribution in [0, 0.1) is 23.0 Å². The average Bonchev–Trinajstić information content (AvgIpc) is 2.38. The maximum Gasteiger partial charge on any atom is 0.150 e. The van der Waals surface area contributed by atoms with Crippen molar-refractivity contribution in [3.8, 4) is 6.07 Å². The molecule has 0 spiro atoms. The highest BCUT2D eigenvalue weighted by molar-refractivity contribution is 5.53. The molecule has 1 aliphatic heterocycles. The Morgan fingerprint density at radius 3 is 2.68 bits per heavy atom. The molecule has 2 rings (SSSR count). The number of anilines is 1. The molecule has 19 heavy (non-hydrogen) atoms. The molecule has 5 heteroatoms. The van der Waals surface area contributed by atoms with Crippen LogP contribution in [0.2, 0.25) is 0 Å². The van der Waals surface area contributed by atoms with Crippen LogP contribution in [-0.4, -0.2) is 25.8 Å². The molecule has 1 saturated heterocycles. The first-order chi connectivity index (χ1) is 9.15. The van der Waals surface area contributed by atoms with Crippen molar-refractivity contribution < 1.29 is 13.5 Å². The van der Waals surface area contributed by atoms with Crippen molar-refractivity contribution in [3.05, 3.63) is 29.3 Å². The summed E-state index contributed by atoms with van der Waals surface area (Å²) in [5, 5.41) is 8.68. The molecule has 3 nitrogen and oxygen atoms in total. The number of hydrogen-bond acceptors (Lipinski definition) is 3. The number of halogens is 2. The van der Waals surface area contributed by atoms with Gasteiger partial charge < -0.3 is 9.64 Å². The van der Waals surface area contributed by atoms with Crippen molar-refractivity contribution in [1.29, 1.82) is 5.26 Å². The SMILES string of the molecule is CCOC1CCCN(c2c(F)cc(C#N)cc2F)C1. The number of hydrogen-bond donors (Lipinski definition) is 0. The minimum atomic E-state index is -0.686. The first-order valence-corrected chi connectivity index (χ1v) is 6.41. The van der Waals surface area contributed by atoms with Gasteiger partial charge in [-0.3, -0.25) is 0 Å². The summed E-state index contributed by atoms with van der Waals surface area (Å²) in [5.41, 5.74) is -0.0551. The lowest BCUT2D eigenvalue weighted by Gasteiger charge is -2.34. The lowest BCUT2D eigenvalue weighted by Crippen LogP contribution is -2.40. The Balaban J connectivity index is 2.24. The molecule has 1 fully saturated rings. The van der Waals surface area contributed by atoms with Crippen LogP contribution >= 0.6 is 0 Å². The molecule has 1 heterocycles. The van der Waals surface area contributed by atoms with Crippen molar-refractivity contribution in [1.82, 2.24) is 0 Å². The average molecular weight is 266 g/mol. The summed E-state index contributed by atoms with van der Waals surface area (Å²) >= 11 is 0. The molecule has 0 N–H and O–H groups in total. The number of rotatable bonds is 3. The van der Waals surface area contributed by atoms with Crippen molar-refractivity contribution in [3.63, 3.8) is 0 Å². The van der Waals surface area contributed by atoms with Crippen LogP contribution in [0.5, 0.6) is 0 Å². The second-order valence-corrected chi connectivity index (χ2v) is 4.57. The molecule has 0 radical (unpaired) electrons. The topological polar surface area (TPSA) is 36.3 Å². The minimum Gasteiger partial charge on any atom is -0.377 e. The molecule has 1 aromatic carbocycles. The van der Waals surface area contributed by atoms with Crippen LogP contribution in [-0.2, 0) is 4.74 Å². The van der Waals surface area contributed by atoms with Crippen molar-refractivity contribution in [2.45, 2.75) is 25.9 Å². The zero-order chi connectivity index (χ0) is 13.8. The Morgan fingerprint density at radius 2 is 2.11 bits per heavy atom. The first kappa shape index (κ1) is 13.8. The van der Waals surface area contributed by atoms with Crippen LogP contribution in [0.3, 0.4) is 0 Å². The third-order valence-corrected chi connectivity index (χ3v) is 3.24. The summed E-state index contributed by atoms with van der Waals surface area (Å²) in [5.74, 6) is -1.37. The van der Waals surface area contributed by atoms with Gasteiger partial charge in [0.05, 0.1) is 17.7 Å². The van der Waals surface area contributed by atoms with E-state index in [4.69, 9.17) is 10.00 Å². The van der Waals surface area contributed by atoms with Gasteiger partial charge in [-0.1, -0.05) is 0 Å². The van der Waals surface area contributed by atoms with Crippen LogP contribution < -0.4 is 4.90 Å². The molecule has 0 amide bonds. The summed E-state index contributed by atoms with van der Waals surface area (Å²) in [6, 6.07) is 3.89. The summed E-state index contributed by atoms with van der Waals surface area (Å²) < 4.78 is 33.4. The Hall–Kier alpha value is -1.67. The van der Waals surface area contributed by atoms with Gasteiger partial charge in [0.15, 0.2) is 11.6 Å². The Kier molecular flexibility index (Phi) is 4.33. The van der Waals surface area contributed by atoms with Gasteiger partial charge in [0.25, 0.3) is 0 Å². The fourth-order valence-electron chi connectivity index (χ4n) is 2.45. The molecule has 102 valence electrons. The maximum atomic E-state index is 13.9. The van der Waals surface area contributed by atoms with Crippen molar-refractivity contribution >= 4 is 5.69 Å². The fourth-order valence-corrected chi connectivity index (χ4v) is 2.45. The van der Waals surface area contributed by atoms with E-state index in [-0.39, 0.29) is 17.4 Å². The maximum absolute atomic E-state index is 13.9. The van der Waals surface area contributed by atoms with Gasteiger partial charge in [-0.05, 0) is 31.9 Å². The largest absolute Gasteiger partial charge is 0.377 e. The van der Waals surface area contributed by atoms with E-state index in [1.165, 1.54) is 0 Å². The third-order valence-electron chi connectivity index (χ3n) is 3.24. The highest BCUT2D eigenvalue weighted by atomic mass is 19.1. The number of benzene rings is 1. The number of nitrogens with zero attached hydrogens (tertiary/aromatic N) is 2. The number of ether oxygens (including phenoxy) is 1. The lowest BCUT2D eigenvalue weighted by molar-refractivity contribution is 0.0524. The molecule has 1 aromatic rings. The van der Waals surface area contributed by atoms with Crippen LogP contribution in [0.1, 0.15) is 25.3 Å². The summed E-state index contributed by atoms with van der Waals surface area (Å²) in [4.78, 5) is 1.66. The van der Waals surface area contributed by atoms with Crippen LogP contribution in [0.4, 0.5) is 14.5 Å². The summed E-state index contributed by atoms with van der Waals surface area (Å²) in [6.07, 6.45) is 1.75. The van der Waals surface area contributed by atoms with Gasteiger partial charge in [0.1, 0.15) is 5.69 Å². The predicted octanol–water partition coefficient (Wildman–Crippen LogP) is 2.84. The van der Waals surface area contributed by atoms with Crippen LogP contribution in [0.15, 0.2) is 12.1 Å². The van der Waals surface area contributed by atoms with E-state index < -0.39 is 11.6 Å². The second kappa shape index (κ2) is 5.98. The van der Waals surface area contributed by atoms with Gasteiger partial charge >= 0.3 is 0 Å². The summed E-state index contributed by atoms with van der Waals surface area (Å²) in [7, 11) is 0. The predicted molar refractivity (Wildman–Crippen MR) is 67.9 cm³/mol. The van der Waals surface area contributed by atoms with E-state index in [0.29, 0.717) is 19.7 Å². The lowest BCUT2D eigenvalue weighted by atomic mass is 10.1.